The second-order valence-electron chi connectivity index (χ2n) is 7.82. The van der Waals surface area contributed by atoms with E-state index in [2.05, 4.69) is 28.7 Å². The normalized spacial score (nSPS) is 18.1. The number of amides is 1. The monoisotopic (exact) mass is 380 g/mol. The van der Waals surface area contributed by atoms with Gasteiger partial charge in [0, 0.05) is 12.6 Å². The maximum absolute atomic E-state index is 15.0. The fraction of sp³-hybridized carbons (Fsp3) is 0.364. The summed E-state index contributed by atoms with van der Waals surface area (Å²) in [6.07, 6.45) is 2.21. The Kier molecular flexibility index (Phi) is 4.89. The number of rotatable bonds is 4. The molecule has 1 aromatic heterocycles. The van der Waals surface area contributed by atoms with Gasteiger partial charge in [0.25, 0.3) is 5.91 Å². The molecule has 0 radical (unpaired) electrons. The van der Waals surface area contributed by atoms with E-state index >= 15 is 0 Å². The Hall–Kier alpha value is -2.73. The molecule has 1 aliphatic heterocycles. The smallest absolute Gasteiger partial charge is 0.250 e. The van der Waals surface area contributed by atoms with Crippen LogP contribution in [-0.4, -0.2) is 39.9 Å². The van der Waals surface area contributed by atoms with Crippen molar-refractivity contribution in [3.63, 3.8) is 0 Å². The highest BCUT2D eigenvalue weighted by Crippen LogP contribution is 2.31. The van der Waals surface area contributed by atoms with Gasteiger partial charge >= 0.3 is 0 Å². The van der Waals surface area contributed by atoms with E-state index in [1.807, 2.05) is 6.07 Å². The molecule has 0 spiro atoms. The number of benzene rings is 2. The first kappa shape index (κ1) is 18.6. The molecular weight excluding hydrogens is 355 g/mol. The van der Waals surface area contributed by atoms with Gasteiger partial charge in [-0.3, -0.25) is 4.79 Å². The van der Waals surface area contributed by atoms with Gasteiger partial charge in [0.15, 0.2) is 0 Å². The Morgan fingerprint density at radius 3 is 2.86 bits per heavy atom. The van der Waals surface area contributed by atoms with Crippen LogP contribution >= 0.6 is 0 Å². The van der Waals surface area contributed by atoms with Crippen LogP contribution in [0.25, 0.3) is 22.4 Å². The molecule has 0 bridgehead atoms. The maximum atomic E-state index is 15.0. The van der Waals surface area contributed by atoms with Gasteiger partial charge in [-0.2, -0.15) is 0 Å². The van der Waals surface area contributed by atoms with E-state index < -0.39 is 5.91 Å². The van der Waals surface area contributed by atoms with E-state index in [1.54, 1.807) is 30.3 Å². The van der Waals surface area contributed by atoms with Crippen molar-refractivity contribution in [2.45, 2.75) is 38.6 Å². The molecule has 1 atom stereocenters. The second-order valence-corrected chi connectivity index (χ2v) is 7.82. The summed E-state index contributed by atoms with van der Waals surface area (Å²) in [5.74, 6) is -0.109. The fourth-order valence-corrected chi connectivity index (χ4v) is 4.08. The van der Waals surface area contributed by atoms with Crippen LogP contribution in [0.4, 0.5) is 4.39 Å². The number of likely N-dealkylation sites (tertiary alicyclic amines) is 1. The van der Waals surface area contributed by atoms with Gasteiger partial charge in [-0.25, -0.2) is 9.37 Å². The zero-order valence-electron chi connectivity index (χ0n) is 16.2. The van der Waals surface area contributed by atoms with E-state index in [9.17, 15) is 9.18 Å². The number of carbonyl (C=O) groups is 1. The van der Waals surface area contributed by atoms with E-state index in [-0.39, 0.29) is 5.82 Å². The lowest BCUT2D eigenvalue weighted by molar-refractivity contribution is 0.100. The minimum absolute atomic E-state index is 0.307. The lowest BCUT2D eigenvalue weighted by Gasteiger charge is -2.35. The van der Waals surface area contributed by atoms with Crippen molar-refractivity contribution in [2.75, 3.05) is 13.1 Å². The molecule has 3 N–H and O–H groups in total. The Balaban J connectivity index is 1.66. The number of nitrogens with one attached hydrogen (secondary N) is 1. The Labute approximate surface area is 163 Å². The molecule has 1 aliphatic rings. The van der Waals surface area contributed by atoms with Gasteiger partial charge in [0.2, 0.25) is 0 Å². The molecule has 0 saturated carbocycles. The van der Waals surface area contributed by atoms with Crippen LogP contribution < -0.4 is 5.73 Å². The minimum Gasteiger partial charge on any atom is -0.366 e. The van der Waals surface area contributed by atoms with Gasteiger partial charge in [0.05, 0.1) is 16.6 Å². The Morgan fingerprint density at radius 2 is 2.14 bits per heavy atom. The van der Waals surface area contributed by atoms with Gasteiger partial charge in [-0.1, -0.05) is 12.1 Å². The van der Waals surface area contributed by atoms with Crippen LogP contribution in [0.1, 0.15) is 48.5 Å². The van der Waals surface area contributed by atoms with Crippen molar-refractivity contribution in [2.24, 2.45) is 5.73 Å². The van der Waals surface area contributed by atoms with Gasteiger partial charge in [-0.15, -0.1) is 0 Å². The summed E-state index contributed by atoms with van der Waals surface area (Å²) in [4.78, 5) is 21.6. The Bertz CT molecular complexity index is 1030. The van der Waals surface area contributed by atoms with Crippen LogP contribution in [0.15, 0.2) is 36.4 Å². The van der Waals surface area contributed by atoms with Gasteiger partial charge in [0.1, 0.15) is 17.2 Å². The number of primary amides is 1. The lowest BCUT2D eigenvalue weighted by Crippen LogP contribution is -2.39. The molecule has 146 valence electrons. The van der Waals surface area contributed by atoms with Crippen molar-refractivity contribution in [1.29, 1.82) is 0 Å². The van der Waals surface area contributed by atoms with Crippen molar-refractivity contribution in [3.8, 4) is 11.4 Å². The molecule has 2 aromatic carbocycles. The van der Waals surface area contributed by atoms with Crippen LogP contribution in [0.5, 0.6) is 0 Å². The number of aromatic nitrogens is 2. The molecule has 28 heavy (non-hydrogen) atoms. The highest BCUT2D eigenvalue weighted by Gasteiger charge is 2.24. The van der Waals surface area contributed by atoms with Crippen molar-refractivity contribution >= 4 is 16.9 Å². The van der Waals surface area contributed by atoms with Crippen molar-refractivity contribution in [3.05, 3.63) is 53.3 Å². The summed E-state index contributed by atoms with van der Waals surface area (Å²) < 4.78 is 15.0. The number of piperidine rings is 1. The highest BCUT2D eigenvalue weighted by atomic mass is 19.1. The number of imidazole rings is 1. The first-order chi connectivity index (χ1) is 13.4. The molecule has 1 saturated heterocycles. The zero-order chi connectivity index (χ0) is 19.8. The van der Waals surface area contributed by atoms with Crippen molar-refractivity contribution < 1.29 is 9.18 Å². The third-order valence-corrected chi connectivity index (χ3v) is 5.68. The van der Waals surface area contributed by atoms with E-state index in [0.29, 0.717) is 39.9 Å². The maximum Gasteiger partial charge on any atom is 0.250 e. The lowest BCUT2D eigenvalue weighted by atomic mass is 9.89. The summed E-state index contributed by atoms with van der Waals surface area (Å²) in [5.41, 5.74) is 8.30. The molecule has 3 aromatic rings. The average Bonchev–Trinajstić information content (AvgIpc) is 3.11. The first-order valence-electron chi connectivity index (χ1n) is 9.76. The van der Waals surface area contributed by atoms with E-state index in [4.69, 9.17) is 5.73 Å². The number of halogens is 1. The van der Waals surface area contributed by atoms with Crippen LogP contribution in [0.3, 0.4) is 0 Å². The summed E-state index contributed by atoms with van der Waals surface area (Å²) in [6, 6.07) is 11.1. The van der Waals surface area contributed by atoms with Crippen LogP contribution in [-0.2, 0) is 0 Å². The summed E-state index contributed by atoms with van der Waals surface area (Å²) in [6.45, 7) is 6.47. The van der Waals surface area contributed by atoms with Crippen LogP contribution in [0, 0.1) is 5.82 Å². The average molecular weight is 380 g/mol. The third-order valence-electron chi connectivity index (χ3n) is 5.68. The number of para-hydroxylation sites is 1. The van der Waals surface area contributed by atoms with Crippen LogP contribution in [0.2, 0.25) is 0 Å². The SMILES string of the molecule is CC(C)N1CCCC(c2ccc(-c3nc4c(C(N)=O)cccc4[nH]3)c(F)c2)C1. The van der Waals surface area contributed by atoms with Gasteiger partial charge < -0.3 is 15.6 Å². The molecule has 5 nitrogen and oxygen atoms in total. The summed E-state index contributed by atoms with van der Waals surface area (Å²) in [7, 11) is 0. The highest BCUT2D eigenvalue weighted by molar-refractivity contribution is 6.04. The summed E-state index contributed by atoms with van der Waals surface area (Å²) in [5, 5.41) is 0. The number of aromatic amines is 1. The number of hydrogen-bond acceptors (Lipinski definition) is 3. The third kappa shape index (κ3) is 3.40. The number of nitrogens with zero attached hydrogens (tertiary/aromatic N) is 2. The molecule has 2 heterocycles. The number of hydrogen-bond donors (Lipinski definition) is 2. The quantitative estimate of drug-likeness (QED) is 0.717. The number of H-pyrrole nitrogens is 1. The topological polar surface area (TPSA) is 75.0 Å². The number of fused-ring (bicyclic) bond motifs is 1. The van der Waals surface area contributed by atoms with E-state index in [0.717, 1.165) is 31.5 Å². The largest absolute Gasteiger partial charge is 0.366 e. The minimum atomic E-state index is -0.550. The second kappa shape index (κ2) is 7.36. The zero-order valence-corrected chi connectivity index (χ0v) is 16.2. The van der Waals surface area contributed by atoms with E-state index in [1.165, 1.54) is 0 Å². The first-order valence-corrected chi connectivity index (χ1v) is 9.76. The Morgan fingerprint density at radius 1 is 1.32 bits per heavy atom. The molecule has 4 rings (SSSR count). The molecule has 1 fully saturated rings. The fourth-order valence-electron chi connectivity index (χ4n) is 4.08. The summed E-state index contributed by atoms with van der Waals surface area (Å²) >= 11 is 0. The number of nitrogens with two attached hydrogens (primary N) is 1. The number of carbonyl (C=O) groups excluding carboxylic acids is 1. The molecule has 0 aliphatic carbocycles. The standard InChI is InChI=1S/C22H25FN4O/c1-13(2)27-10-4-5-15(12-27)14-8-9-16(18(23)11-14)22-25-19-7-3-6-17(21(24)28)20(19)26-22/h3,6-9,11,13,15H,4-5,10,12H2,1-2H3,(H2,24,28)(H,25,26). The molecular formula is C22H25FN4O. The molecule has 6 heteroatoms. The van der Waals surface area contributed by atoms with Crippen molar-refractivity contribution in [1.82, 2.24) is 14.9 Å². The predicted octanol–water partition coefficient (Wildman–Crippen LogP) is 4.06. The van der Waals surface area contributed by atoms with Gasteiger partial charge in [-0.05, 0) is 69.0 Å². The molecule has 1 unspecified atom stereocenters. The molecule has 1 amide bonds. The predicted molar refractivity (Wildman–Crippen MR) is 109 cm³/mol.